The Morgan fingerprint density at radius 1 is 1.44 bits per heavy atom. The number of aromatic hydroxyl groups is 1. The van der Waals surface area contributed by atoms with Gasteiger partial charge in [-0.15, -0.1) is 0 Å². The summed E-state index contributed by atoms with van der Waals surface area (Å²) < 4.78 is 23.6. The first-order valence-corrected chi connectivity index (χ1v) is 9.50. The molecule has 3 aliphatic rings. The molecule has 4 atom stereocenters. The lowest BCUT2D eigenvalue weighted by molar-refractivity contribution is -0.220. The molecular formula is C20H27NO6. The van der Waals surface area contributed by atoms with E-state index < -0.39 is 5.60 Å². The minimum atomic E-state index is -0.682. The summed E-state index contributed by atoms with van der Waals surface area (Å²) in [6.07, 6.45) is 1.27. The minimum absolute atomic E-state index is 0.00916. The molecule has 0 saturated carbocycles. The van der Waals surface area contributed by atoms with Gasteiger partial charge in [0, 0.05) is 31.0 Å². The van der Waals surface area contributed by atoms with Gasteiger partial charge in [0.05, 0.1) is 26.4 Å². The summed E-state index contributed by atoms with van der Waals surface area (Å²) in [5.74, 6) is 0.256. The van der Waals surface area contributed by atoms with Crippen LogP contribution in [0, 0.1) is 5.92 Å². The van der Waals surface area contributed by atoms with Crippen molar-refractivity contribution in [3.05, 3.63) is 23.8 Å². The predicted molar refractivity (Wildman–Crippen MR) is 96.7 cm³/mol. The molecule has 4 rings (SSSR count). The van der Waals surface area contributed by atoms with Gasteiger partial charge in [-0.3, -0.25) is 4.79 Å². The zero-order valence-electron chi connectivity index (χ0n) is 15.8. The van der Waals surface area contributed by atoms with E-state index >= 15 is 0 Å². The number of phenols is 1. The lowest BCUT2D eigenvalue weighted by atomic mass is 9.69. The number of morpholine rings is 1. The number of carbonyl (C=O) groups excluding carboxylic acids is 1. The number of carbonyl (C=O) groups is 1. The Balaban J connectivity index is 1.68. The highest BCUT2D eigenvalue weighted by Crippen LogP contribution is 2.55. The lowest BCUT2D eigenvalue weighted by Gasteiger charge is -2.54. The number of para-hydroxylation sites is 1. The topological polar surface area (TPSA) is 86.3 Å². The third-order valence-electron chi connectivity index (χ3n) is 6.12. The normalized spacial score (nSPS) is 35.0. The fourth-order valence-electron chi connectivity index (χ4n) is 4.57. The minimum Gasteiger partial charge on any atom is -0.504 e. The maximum Gasteiger partial charge on any atom is 0.305 e. The van der Waals surface area contributed by atoms with Gasteiger partial charge in [0.1, 0.15) is 11.2 Å². The molecule has 1 aromatic rings. The highest BCUT2D eigenvalue weighted by molar-refractivity contribution is 5.69. The third kappa shape index (κ3) is 3.28. The summed E-state index contributed by atoms with van der Waals surface area (Å²) in [7, 11) is 1.39. The monoisotopic (exact) mass is 377 g/mol. The molecule has 7 nitrogen and oxygen atoms in total. The van der Waals surface area contributed by atoms with Crippen LogP contribution in [0.5, 0.6) is 11.5 Å². The second kappa shape index (κ2) is 6.96. The Hall–Kier alpha value is -1.83. The predicted octanol–water partition coefficient (Wildman–Crippen LogP) is 1.93. The highest BCUT2D eigenvalue weighted by atomic mass is 16.6. The van der Waals surface area contributed by atoms with Crippen LogP contribution in [0.15, 0.2) is 18.2 Å². The Bertz CT molecular complexity index is 716. The quantitative estimate of drug-likeness (QED) is 0.779. The Morgan fingerprint density at radius 3 is 3.04 bits per heavy atom. The summed E-state index contributed by atoms with van der Waals surface area (Å²) in [5, 5.41) is 13.7. The van der Waals surface area contributed by atoms with E-state index in [0.717, 1.165) is 25.1 Å². The maximum absolute atomic E-state index is 11.8. The van der Waals surface area contributed by atoms with E-state index in [9.17, 15) is 9.90 Å². The standard InChI is InChI=1S/C20H27NO6/c1-19(7-6-16(23)24-2)14-10-20(11-21-8-9-26-20)12-25-17(14)13-4-3-5-15(22)18(13)27-19/h3-5,14,17,21-22H,6-12H2,1-2H3/t14-,17+,19-,20?/m0/s1. The molecule has 2 N–H and O–H groups in total. The Labute approximate surface area is 158 Å². The van der Waals surface area contributed by atoms with Crippen molar-refractivity contribution in [1.82, 2.24) is 5.32 Å². The second-order valence-corrected chi connectivity index (χ2v) is 7.94. The highest BCUT2D eigenvalue weighted by Gasteiger charge is 2.55. The van der Waals surface area contributed by atoms with Gasteiger partial charge >= 0.3 is 5.97 Å². The Morgan fingerprint density at radius 2 is 2.30 bits per heavy atom. The number of phenolic OH excluding ortho intramolecular Hbond substituents is 1. The summed E-state index contributed by atoms with van der Waals surface area (Å²) in [4.78, 5) is 11.8. The maximum atomic E-state index is 11.8. The molecule has 1 spiro atoms. The van der Waals surface area contributed by atoms with Crippen molar-refractivity contribution in [1.29, 1.82) is 0 Å². The number of hydrogen-bond acceptors (Lipinski definition) is 7. The summed E-state index contributed by atoms with van der Waals surface area (Å²) in [6.45, 7) is 4.70. The molecule has 0 aliphatic carbocycles. The summed E-state index contributed by atoms with van der Waals surface area (Å²) in [6, 6.07) is 5.35. The molecule has 1 aromatic carbocycles. The Kier molecular flexibility index (Phi) is 4.78. The number of ether oxygens (including phenoxy) is 4. The molecular weight excluding hydrogens is 350 g/mol. The number of hydrogen-bond donors (Lipinski definition) is 2. The number of fused-ring (bicyclic) bond motifs is 3. The molecule has 0 aromatic heterocycles. The molecule has 7 heteroatoms. The molecule has 148 valence electrons. The fraction of sp³-hybridized carbons (Fsp3) is 0.650. The number of esters is 1. The molecule has 0 amide bonds. The molecule has 1 unspecified atom stereocenters. The second-order valence-electron chi connectivity index (χ2n) is 7.94. The van der Waals surface area contributed by atoms with Gasteiger partial charge in [0.15, 0.2) is 11.5 Å². The zero-order chi connectivity index (χ0) is 19.1. The van der Waals surface area contributed by atoms with Crippen molar-refractivity contribution < 1.29 is 28.8 Å². The van der Waals surface area contributed by atoms with E-state index in [1.807, 2.05) is 13.0 Å². The van der Waals surface area contributed by atoms with E-state index in [1.165, 1.54) is 7.11 Å². The van der Waals surface area contributed by atoms with E-state index in [4.69, 9.17) is 18.9 Å². The number of rotatable bonds is 3. The van der Waals surface area contributed by atoms with Crippen molar-refractivity contribution in [2.24, 2.45) is 5.92 Å². The first kappa shape index (κ1) is 18.5. The molecule has 0 bridgehead atoms. The average Bonchev–Trinajstić information content (AvgIpc) is 2.68. The van der Waals surface area contributed by atoms with Gasteiger partial charge in [-0.2, -0.15) is 0 Å². The van der Waals surface area contributed by atoms with Crippen molar-refractivity contribution in [2.45, 2.75) is 43.5 Å². The largest absolute Gasteiger partial charge is 0.504 e. The molecule has 2 saturated heterocycles. The van der Waals surface area contributed by atoms with E-state index in [1.54, 1.807) is 12.1 Å². The zero-order valence-corrected chi connectivity index (χ0v) is 15.8. The van der Waals surface area contributed by atoms with Gasteiger partial charge in [-0.1, -0.05) is 12.1 Å². The van der Waals surface area contributed by atoms with Crippen molar-refractivity contribution in [3.8, 4) is 11.5 Å². The summed E-state index contributed by atoms with van der Waals surface area (Å²) >= 11 is 0. The van der Waals surface area contributed by atoms with Gasteiger partial charge in [0.2, 0.25) is 0 Å². The average molecular weight is 377 g/mol. The first-order valence-electron chi connectivity index (χ1n) is 9.50. The molecule has 27 heavy (non-hydrogen) atoms. The van der Waals surface area contributed by atoms with Crippen LogP contribution in [0.25, 0.3) is 0 Å². The number of methoxy groups -OCH3 is 1. The van der Waals surface area contributed by atoms with Gasteiger partial charge in [0.25, 0.3) is 0 Å². The van der Waals surface area contributed by atoms with Crippen LogP contribution >= 0.6 is 0 Å². The third-order valence-corrected chi connectivity index (χ3v) is 6.12. The van der Waals surface area contributed by atoms with E-state index in [0.29, 0.717) is 25.4 Å². The van der Waals surface area contributed by atoms with Crippen LogP contribution in [0.3, 0.4) is 0 Å². The molecule has 2 fully saturated rings. The van der Waals surface area contributed by atoms with Crippen LogP contribution in [0.1, 0.15) is 37.9 Å². The van der Waals surface area contributed by atoms with E-state index in [-0.39, 0.29) is 35.8 Å². The fourth-order valence-corrected chi connectivity index (χ4v) is 4.57. The van der Waals surface area contributed by atoms with Crippen LogP contribution in [0.2, 0.25) is 0 Å². The van der Waals surface area contributed by atoms with Crippen LogP contribution in [-0.4, -0.2) is 55.7 Å². The van der Waals surface area contributed by atoms with Gasteiger partial charge < -0.3 is 29.4 Å². The molecule has 3 aliphatic heterocycles. The smallest absolute Gasteiger partial charge is 0.305 e. The van der Waals surface area contributed by atoms with Crippen molar-refractivity contribution in [3.63, 3.8) is 0 Å². The first-order chi connectivity index (χ1) is 13.0. The van der Waals surface area contributed by atoms with Crippen molar-refractivity contribution >= 4 is 5.97 Å². The van der Waals surface area contributed by atoms with Gasteiger partial charge in [-0.05, 0) is 25.8 Å². The van der Waals surface area contributed by atoms with E-state index in [2.05, 4.69) is 5.32 Å². The SMILES string of the molecule is COC(=O)CC[C@]1(C)Oc2c(O)cccc2[C@H]2OCC3(CNCCO3)C[C@@H]21. The van der Waals surface area contributed by atoms with Crippen LogP contribution in [0.4, 0.5) is 0 Å². The van der Waals surface area contributed by atoms with Crippen LogP contribution < -0.4 is 10.1 Å². The number of nitrogens with one attached hydrogen (secondary N) is 1. The molecule has 0 radical (unpaired) electrons. The van der Waals surface area contributed by atoms with Crippen LogP contribution in [-0.2, 0) is 19.0 Å². The van der Waals surface area contributed by atoms with Crippen molar-refractivity contribution in [2.75, 3.05) is 33.4 Å². The summed E-state index contributed by atoms with van der Waals surface area (Å²) in [5.41, 5.74) is -0.211. The lowest BCUT2D eigenvalue weighted by Crippen LogP contribution is -2.61. The number of benzene rings is 1. The molecule has 3 heterocycles. The van der Waals surface area contributed by atoms with Gasteiger partial charge in [-0.25, -0.2) is 0 Å².